The van der Waals surface area contributed by atoms with Crippen molar-refractivity contribution in [3.05, 3.63) is 88.6 Å². The fourth-order valence-electron chi connectivity index (χ4n) is 4.13. The highest BCUT2D eigenvalue weighted by molar-refractivity contribution is 7.98. The molecule has 5 rings (SSSR count). The molecule has 10 nitrogen and oxygen atoms in total. The van der Waals surface area contributed by atoms with Crippen molar-refractivity contribution in [2.24, 2.45) is 0 Å². The second-order valence-electron chi connectivity index (χ2n) is 8.67. The Morgan fingerprint density at radius 1 is 0.976 bits per heavy atom. The number of benzene rings is 2. The molecule has 3 aromatic heterocycles. The minimum absolute atomic E-state index is 0.214. The molecule has 0 aliphatic carbocycles. The molecular weight excluding hydrogens is 560 g/mol. The predicted octanol–water partition coefficient (Wildman–Crippen LogP) is 5.08. The molecule has 0 fully saturated rings. The van der Waals surface area contributed by atoms with Gasteiger partial charge in [-0.1, -0.05) is 30.0 Å². The molecule has 12 heteroatoms. The first-order valence-corrected chi connectivity index (χ1v) is 14.5. The van der Waals surface area contributed by atoms with Crippen molar-refractivity contribution in [3.8, 4) is 34.3 Å². The van der Waals surface area contributed by atoms with Crippen molar-refractivity contribution in [1.29, 1.82) is 0 Å². The van der Waals surface area contributed by atoms with Crippen molar-refractivity contribution < 1.29 is 19.0 Å². The average Bonchev–Trinajstić information content (AvgIpc) is 3.68. The number of hydrogen-bond donors (Lipinski definition) is 1. The number of amides is 1. The van der Waals surface area contributed by atoms with E-state index in [-0.39, 0.29) is 5.91 Å². The molecule has 41 heavy (non-hydrogen) atoms. The SMILES string of the molecule is COc1ccc(CCNC(=O)c2csc(CSc3nnc(-c4cccnc4)n3-c3ccccc3OC)n2)cc1OC. The number of thiazole rings is 1. The van der Waals surface area contributed by atoms with Gasteiger partial charge in [-0.25, -0.2) is 4.98 Å². The van der Waals surface area contributed by atoms with Gasteiger partial charge in [0.05, 0.1) is 32.8 Å². The summed E-state index contributed by atoms with van der Waals surface area (Å²) in [7, 11) is 4.84. The van der Waals surface area contributed by atoms with E-state index >= 15 is 0 Å². The number of rotatable bonds is 12. The summed E-state index contributed by atoms with van der Waals surface area (Å²) in [4.78, 5) is 21.5. The molecule has 1 N–H and O–H groups in total. The Morgan fingerprint density at radius 2 is 1.80 bits per heavy atom. The lowest BCUT2D eigenvalue weighted by molar-refractivity contribution is 0.0949. The van der Waals surface area contributed by atoms with Gasteiger partial charge in [0.25, 0.3) is 5.91 Å². The number of nitrogens with one attached hydrogen (secondary N) is 1. The van der Waals surface area contributed by atoms with E-state index in [4.69, 9.17) is 14.2 Å². The van der Waals surface area contributed by atoms with Crippen LogP contribution in [0.4, 0.5) is 0 Å². The lowest BCUT2D eigenvalue weighted by atomic mass is 10.1. The quantitative estimate of drug-likeness (QED) is 0.199. The number of thioether (sulfide) groups is 1. The van der Waals surface area contributed by atoms with Gasteiger partial charge in [0.15, 0.2) is 22.5 Å². The first kappa shape index (κ1) is 28.1. The van der Waals surface area contributed by atoms with Crippen molar-refractivity contribution in [2.45, 2.75) is 17.3 Å². The van der Waals surface area contributed by atoms with E-state index in [1.807, 2.05) is 59.2 Å². The van der Waals surface area contributed by atoms with Crippen LogP contribution < -0.4 is 19.5 Å². The van der Waals surface area contributed by atoms with Crippen LogP contribution in [-0.4, -0.2) is 58.5 Å². The summed E-state index contributed by atoms with van der Waals surface area (Å²) in [5, 5.41) is 15.1. The molecule has 0 bridgehead atoms. The third-order valence-electron chi connectivity index (χ3n) is 6.14. The maximum absolute atomic E-state index is 12.8. The Labute approximate surface area is 245 Å². The number of carbonyl (C=O) groups is 1. The van der Waals surface area contributed by atoms with Gasteiger partial charge in [0.1, 0.15) is 16.5 Å². The topological polar surface area (TPSA) is 113 Å². The number of nitrogens with zero attached hydrogens (tertiary/aromatic N) is 5. The summed E-state index contributed by atoms with van der Waals surface area (Å²) >= 11 is 2.92. The van der Waals surface area contributed by atoms with Crippen molar-refractivity contribution in [3.63, 3.8) is 0 Å². The normalized spacial score (nSPS) is 10.8. The predicted molar refractivity (Wildman–Crippen MR) is 158 cm³/mol. The number of methoxy groups -OCH3 is 3. The van der Waals surface area contributed by atoms with Gasteiger partial charge in [-0.05, 0) is 48.4 Å². The Kier molecular flexibility index (Phi) is 9.12. The van der Waals surface area contributed by atoms with E-state index in [1.165, 1.54) is 23.1 Å². The average molecular weight is 589 g/mol. The molecule has 0 radical (unpaired) electrons. The van der Waals surface area contributed by atoms with Crippen molar-refractivity contribution >= 4 is 29.0 Å². The third kappa shape index (κ3) is 6.50. The van der Waals surface area contributed by atoms with E-state index in [0.29, 0.717) is 52.6 Å². The minimum Gasteiger partial charge on any atom is -0.495 e. The highest BCUT2D eigenvalue weighted by Gasteiger charge is 2.20. The Hall–Kier alpha value is -4.42. The summed E-state index contributed by atoms with van der Waals surface area (Å²) in [5.74, 6) is 2.98. The van der Waals surface area contributed by atoms with E-state index in [2.05, 4.69) is 25.5 Å². The monoisotopic (exact) mass is 588 g/mol. The van der Waals surface area contributed by atoms with E-state index in [9.17, 15) is 4.79 Å². The molecule has 0 spiro atoms. The van der Waals surface area contributed by atoms with E-state index in [1.54, 1.807) is 39.1 Å². The van der Waals surface area contributed by atoms with Crippen LogP contribution in [0.3, 0.4) is 0 Å². The van der Waals surface area contributed by atoms with E-state index < -0.39 is 0 Å². The molecule has 0 atom stereocenters. The van der Waals surface area contributed by atoms with Crippen LogP contribution in [0.15, 0.2) is 77.5 Å². The zero-order valence-corrected chi connectivity index (χ0v) is 24.4. The fourth-order valence-corrected chi connectivity index (χ4v) is 5.87. The van der Waals surface area contributed by atoms with Crippen molar-refractivity contribution in [1.82, 2.24) is 30.0 Å². The Balaban J connectivity index is 1.26. The number of pyridine rings is 1. The van der Waals surface area contributed by atoms with Crippen molar-refractivity contribution in [2.75, 3.05) is 27.9 Å². The summed E-state index contributed by atoms with van der Waals surface area (Å²) < 4.78 is 18.2. The molecule has 5 aromatic rings. The van der Waals surface area contributed by atoms with E-state index in [0.717, 1.165) is 21.8 Å². The first-order chi connectivity index (χ1) is 20.1. The van der Waals surface area contributed by atoms with Crippen LogP contribution in [0.25, 0.3) is 17.1 Å². The van der Waals surface area contributed by atoms with Gasteiger partial charge < -0.3 is 19.5 Å². The summed E-state index contributed by atoms with van der Waals surface area (Å²) in [6, 6.07) is 17.2. The van der Waals surface area contributed by atoms with Crippen LogP contribution >= 0.6 is 23.1 Å². The molecule has 0 aliphatic rings. The minimum atomic E-state index is -0.214. The lowest BCUT2D eigenvalue weighted by Gasteiger charge is -2.13. The van der Waals surface area contributed by atoms with Crippen LogP contribution in [0, 0.1) is 0 Å². The van der Waals surface area contributed by atoms with Gasteiger partial charge >= 0.3 is 0 Å². The highest BCUT2D eigenvalue weighted by Crippen LogP contribution is 2.34. The fraction of sp³-hybridized carbons (Fsp3) is 0.207. The Bertz CT molecular complexity index is 1620. The standard InChI is InChI=1S/C29H28N6O4S2/c1-37-23-9-5-4-8-22(23)35-27(20-7-6-13-30-16-20)33-34-29(35)41-18-26-32-21(17-40-26)28(36)31-14-12-19-10-11-24(38-2)25(15-19)39-3/h4-11,13,15-17H,12,14,18H2,1-3H3,(H,31,36). The zero-order chi connectivity index (χ0) is 28.6. The highest BCUT2D eigenvalue weighted by atomic mass is 32.2. The second kappa shape index (κ2) is 13.3. The van der Waals surface area contributed by atoms with Gasteiger partial charge in [-0.15, -0.1) is 21.5 Å². The van der Waals surface area contributed by atoms with Gasteiger partial charge in [0, 0.05) is 29.9 Å². The lowest BCUT2D eigenvalue weighted by Crippen LogP contribution is -2.26. The molecule has 0 unspecified atom stereocenters. The van der Waals surface area contributed by atoms with Gasteiger partial charge in [-0.2, -0.15) is 0 Å². The molecule has 0 saturated carbocycles. The first-order valence-electron chi connectivity index (χ1n) is 12.7. The maximum atomic E-state index is 12.8. The number of ether oxygens (including phenoxy) is 3. The second-order valence-corrected chi connectivity index (χ2v) is 10.6. The molecule has 2 aromatic carbocycles. The number of aromatic nitrogens is 5. The van der Waals surface area contributed by atoms with Gasteiger partial charge in [-0.3, -0.25) is 14.3 Å². The zero-order valence-electron chi connectivity index (χ0n) is 22.7. The molecule has 1 amide bonds. The molecular formula is C29H28N6O4S2. The molecule has 0 saturated heterocycles. The summed E-state index contributed by atoms with van der Waals surface area (Å²) in [6.45, 7) is 0.467. The largest absolute Gasteiger partial charge is 0.495 e. The molecule has 3 heterocycles. The summed E-state index contributed by atoms with van der Waals surface area (Å²) in [5.41, 5.74) is 3.07. The van der Waals surface area contributed by atoms with Crippen LogP contribution in [0.5, 0.6) is 17.2 Å². The molecule has 210 valence electrons. The number of carbonyl (C=O) groups excluding carboxylic acids is 1. The number of para-hydroxylation sites is 2. The van der Waals surface area contributed by atoms with Gasteiger partial charge in [0.2, 0.25) is 0 Å². The van der Waals surface area contributed by atoms with Crippen LogP contribution in [-0.2, 0) is 12.2 Å². The smallest absolute Gasteiger partial charge is 0.270 e. The third-order valence-corrected chi connectivity index (χ3v) is 8.11. The van der Waals surface area contributed by atoms with Crippen LogP contribution in [0.1, 0.15) is 21.1 Å². The Morgan fingerprint density at radius 3 is 2.59 bits per heavy atom. The number of hydrogen-bond acceptors (Lipinski definition) is 10. The summed E-state index contributed by atoms with van der Waals surface area (Å²) in [6.07, 6.45) is 4.12. The van der Waals surface area contributed by atoms with Crippen LogP contribution in [0.2, 0.25) is 0 Å². The maximum Gasteiger partial charge on any atom is 0.270 e. The molecule has 0 aliphatic heterocycles.